The van der Waals surface area contributed by atoms with Crippen LogP contribution in [0.5, 0.6) is 0 Å². The molecule has 0 fully saturated rings. The molecule has 4 nitrogen and oxygen atoms in total. The largest absolute Gasteiger partial charge is 0.392 e. The van der Waals surface area contributed by atoms with Crippen molar-refractivity contribution in [3.63, 3.8) is 0 Å². The van der Waals surface area contributed by atoms with Crippen LogP contribution in [0.2, 0.25) is 0 Å². The van der Waals surface area contributed by atoms with Gasteiger partial charge in [-0.05, 0) is 22.8 Å². The Hall–Kier alpha value is -2.33. The average molecular weight is 282 g/mol. The normalized spacial score (nSPS) is 16.1. The fourth-order valence-electron chi connectivity index (χ4n) is 2.53. The number of para-hydroxylation sites is 1. The zero-order chi connectivity index (χ0) is 14.7. The number of carbonyl (C=O) groups is 1. The van der Waals surface area contributed by atoms with Gasteiger partial charge >= 0.3 is 0 Å². The molecule has 0 saturated carbocycles. The van der Waals surface area contributed by atoms with Gasteiger partial charge in [0.05, 0.1) is 6.61 Å². The molecule has 0 saturated heterocycles. The summed E-state index contributed by atoms with van der Waals surface area (Å²) in [5.74, 6) is 0.0115. The standard InChI is InChI=1S/C17H18N2O2/c20-11-13-7-5-12(6-8-13)10-18-17(21)16-9-14-3-1-2-4-15(14)19-16/h1-8,16,19-20H,9-11H2,(H,18,21). The second-order valence-electron chi connectivity index (χ2n) is 5.25. The molecule has 0 aliphatic carbocycles. The molecular weight excluding hydrogens is 264 g/mol. The maximum Gasteiger partial charge on any atom is 0.243 e. The molecule has 0 bridgehead atoms. The summed E-state index contributed by atoms with van der Waals surface area (Å²) in [5.41, 5.74) is 4.13. The Bertz CT molecular complexity index is 612. The van der Waals surface area contributed by atoms with E-state index >= 15 is 0 Å². The molecule has 1 amide bonds. The number of aliphatic hydroxyl groups excluding tert-OH is 1. The summed E-state index contributed by atoms with van der Waals surface area (Å²) in [4.78, 5) is 12.2. The number of amides is 1. The summed E-state index contributed by atoms with van der Waals surface area (Å²) in [6.07, 6.45) is 0.728. The predicted octanol–water partition coefficient (Wildman–Crippen LogP) is 1.83. The van der Waals surface area contributed by atoms with Crippen LogP contribution in [0.15, 0.2) is 48.5 Å². The average Bonchev–Trinajstić information content (AvgIpc) is 2.97. The first kappa shape index (κ1) is 13.6. The summed E-state index contributed by atoms with van der Waals surface area (Å²) < 4.78 is 0. The van der Waals surface area contributed by atoms with Crippen molar-refractivity contribution in [3.05, 3.63) is 65.2 Å². The minimum absolute atomic E-state index is 0.0115. The van der Waals surface area contributed by atoms with Gasteiger partial charge in [0.2, 0.25) is 5.91 Å². The molecule has 1 aliphatic heterocycles. The first-order valence-corrected chi connectivity index (χ1v) is 7.07. The topological polar surface area (TPSA) is 61.4 Å². The molecule has 2 aromatic carbocycles. The summed E-state index contributed by atoms with van der Waals surface area (Å²) in [7, 11) is 0. The van der Waals surface area contributed by atoms with Crippen molar-refractivity contribution in [1.82, 2.24) is 5.32 Å². The van der Waals surface area contributed by atoms with Crippen LogP contribution in [-0.4, -0.2) is 17.1 Å². The van der Waals surface area contributed by atoms with Crippen molar-refractivity contribution in [2.75, 3.05) is 5.32 Å². The Morgan fingerprint density at radius 2 is 1.86 bits per heavy atom. The Balaban J connectivity index is 1.55. The van der Waals surface area contributed by atoms with Gasteiger partial charge in [-0.2, -0.15) is 0 Å². The van der Waals surface area contributed by atoms with Crippen LogP contribution in [0.4, 0.5) is 5.69 Å². The molecule has 0 aromatic heterocycles. The maximum absolute atomic E-state index is 12.2. The minimum Gasteiger partial charge on any atom is -0.392 e. The lowest BCUT2D eigenvalue weighted by atomic mass is 10.1. The molecule has 3 rings (SSSR count). The van der Waals surface area contributed by atoms with Gasteiger partial charge in [-0.3, -0.25) is 4.79 Å². The van der Waals surface area contributed by atoms with Gasteiger partial charge < -0.3 is 15.7 Å². The number of benzene rings is 2. The molecule has 4 heteroatoms. The van der Waals surface area contributed by atoms with E-state index in [4.69, 9.17) is 5.11 Å². The van der Waals surface area contributed by atoms with Crippen molar-refractivity contribution in [1.29, 1.82) is 0 Å². The smallest absolute Gasteiger partial charge is 0.243 e. The van der Waals surface area contributed by atoms with E-state index in [2.05, 4.69) is 10.6 Å². The third-order valence-corrected chi connectivity index (χ3v) is 3.76. The highest BCUT2D eigenvalue weighted by Gasteiger charge is 2.25. The molecular formula is C17H18N2O2. The van der Waals surface area contributed by atoms with E-state index in [0.717, 1.165) is 23.2 Å². The Kier molecular flexibility index (Phi) is 3.88. The zero-order valence-corrected chi connectivity index (χ0v) is 11.7. The molecule has 1 unspecified atom stereocenters. The lowest BCUT2D eigenvalue weighted by molar-refractivity contribution is -0.121. The highest BCUT2D eigenvalue weighted by atomic mass is 16.3. The van der Waals surface area contributed by atoms with Crippen LogP contribution in [0.1, 0.15) is 16.7 Å². The third kappa shape index (κ3) is 3.06. The van der Waals surface area contributed by atoms with E-state index in [9.17, 15) is 4.79 Å². The maximum atomic E-state index is 12.2. The molecule has 1 heterocycles. The van der Waals surface area contributed by atoms with Crippen molar-refractivity contribution >= 4 is 11.6 Å². The number of anilines is 1. The van der Waals surface area contributed by atoms with Crippen molar-refractivity contribution in [3.8, 4) is 0 Å². The van der Waals surface area contributed by atoms with Crippen LogP contribution >= 0.6 is 0 Å². The van der Waals surface area contributed by atoms with Gasteiger partial charge in [-0.25, -0.2) is 0 Å². The van der Waals surface area contributed by atoms with Gasteiger partial charge in [-0.15, -0.1) is 0 Å². The van der Waals surface area contributed by atoms with Crippen LogP contribution in [-0.2, 0) is 24.4 Å². The number of nitrogens with one attached hydrogen (secondary N) is 2. The van der Waals surface area contributed by atoms with Crippen molar-refractivity contribution in [2.45, 2.75) is 25.6 Å². The predicted molar refractivity (Wildman–Crippen MR) is 81.8 cm³/mol. The van der Waals surface area contributed by atoms with Crippen LogP contribution in [0.3, 0.4) is 0 Å². The van der Waals surface area contributed by atoms with E-state index in [0.29, 0.717) is 6.54 Å². The zero-order valence-electron chi connectivity index (χ0n) is 11.7. The summed E-state index contributed by atoms with van der Waals surface area (Å²) in [5, 5.41) is 15.2. The van der Waals surface area contributed by atoms with E-state index < -0.39 is 0 Å². The highest BCUT2D eigenvalue weighted by Crippen LogP contribution is 2.25. The molecule has 0 radical (unpaired) electrons. The Morgan fingerprint density at radius 1 is 1.14 bits per heavy atom. The molecule has 1 atom stereocenters. The summed E-state index contributed by atoms with van der Waals surface area (Å²) in [6.45, 7) is 0.538. The minimum atomic E-state index is -0.195. The summed E-state index contributed by atoms with van der Waals surface area (Å²) in [6, 6.07) is 15.4. The fraction of sp³-hybridized carbons (Fsp3) is 0.235. The third-order valence-electron chi connectivity index (χ3n) is 3.76. The fourth-order valence-corrected chi connectivity index (χ4v) is 2.53. The Morgan fingerprint density at radius 3 is 2.57 bits per heavy atom. The van der Waals surface area contributed by atoms with Gasteiger partial charge in [0.25, 0.3) is 0 Å². The first-order chi connectivity index (χ1) is 10.3. The second-order valence-corrected chi connectivity index (χ2v) is 5.25. The first-order valence-electron chi connectivity index (χ1n) is 7.07. The molecule has 3 N–H and O–H groups in total. The lowest BCUT2D eigenvalue weighted by Crippen LogP contribution is -2.38. The van der Waals surface area contributed by atoms with Crippen LogP contribution in [0, 0.1) is 0 Å². The van der Waals surface area contributed by atoms with Gasteiger partial charge in [0, 0.05) is 18.7 Å². The number of carbonyl (C=O) groups excluding carboxylic acids is 1. The molecule has 21 heavy (non-hydrogen) atoms. The quantitative estimate of drug-likeness (QED) is 0.802. The van der Waals surface area contributed by atoms with Crippen LogP contribution < -0.4 is 10.6 Å². The molecule has 0 spiro atoms. The Labute approximate surface area is 123 Å². The van der Waals surface area contributed by atoms with Crippen molar-refractivity contribution in [2.24, 2.45) is 0 Å². The van der Waals surface area contributed by atoms with Crippen molar-refractivity contribution < 1.29 is 9.90 Å². The number of fused-ring (bicyclic) bond motifs is 1. The van der Waals surface area contributed by atoms with Gasteiger partial charge in [0.1, 0.15) is 6.04 Å². The number of rotatable bonds is 4. The van der Waals surface area contributed by atoms with E-state index in [1.54, 1.807) is 0 Å². The van der Waals surface area contributed by atoms with Gasteiger partial charge in [-0.1, -0.05) is 42.5 Å². The molecule has 1 aliphatic rings. The van der Waals surface area contributed by atoms with Gasteiger partial charge in [0.15, 0.2) is 0 Å². The van der Waals surface area contributed by atoms with E-state index in [1.165, 1.54) is 5.56 Å². The van der Waals surface area contributed by atoms with E-state index in [-0.39, 0.29) is 18.6 Å². The monoisotopic (exact) mass is 282 g/mol. The SMILES string of the molecule is O=C(NCc1ccc(CO)cc1)C1Cc2ccccc2N1. The number of hydrogen-bond donors (Lipinski definition) is 3. The second kappa shape index (κ2) is 5.97. The summed E-state index contributed by atoms with van der Waals surface area (Å²) >= 11 is 0. The van der Waals surface area contributed by atoms with Crippen LogP contribution in [0.25, 0.3) is 0 Å². The number of aliphatic hydroxyl groups is 1. The molecule has 2 aromatic rings. The lowest BCUT2D eigenvalue weighted by Gasteiger charge is -2.12. The van der Waals surface area contributed by atoms with E-state index in [1.807, 2.05) is 48.5 Å². The highest BCUT2D eigenvalue weighted by molar-refractivity contribution is 5.87. The molecule has 108 valence electrons. The number of hydrogen-bond acceptors (Lipinski definition) is 3.